The third kappa shape index (κ3) is 3.40. The lowest BCUT2D eigenvalue weighted by Crippen LogP contribution is -2.19. The minimum atomic E-state index is 0.667. The van der Waals surface area contributed by atoms with Gasteiger partial charge in [-0.25, -0.2) is 9.67 Å². The van der Waals surface area contributed by atoms with Gasteiger partial charge >= 0.3 is 0 Å². The van der Waals surface area contributed by atoms with E-state index in [1.807, 2.05) is 31.5 Å². The van der Waals surface area contributed by atoms with Gasteiger partial charge in [0.1, 0.15) is 0 Å². The SMILES string of the molecule is Cc1ccn(-c2cc(CNCC(C)C)ccn2)n1. The summed E-state index contributed by atoms with van der Waals surface area (Å²) >= 11 is 0. The van der Waals surface area contributed by atoms with Crippen LogP contribution < -0.4 is 5.32 Å². The van der Waals surface area contributed by atoms with Gasteiger partial charge in [0.25, 0.3) is 0 Å². The van der Waals surface area contributed by atoms with Crippen LogP contribution in [0, 0.1) is 12.8 Å². The van der Waals surface area contributed by atoms with Crippen molar-refractivity contribution in [2.45, 2.75) is 27.3 Å². The van der Waals surface area contributed by atoms with Gasteiger partial charge in [-0.1, -0.05) is 13.8 Å². The van der Waals surface area contributed by atoms with E-state index in [-0.39, 0.29) is 0 Å². The molecule has 0 saturated carbocycles. The molecule has 0 aromatic carbocycles. The molecule has 2 heterocycles. The molecule has 0 amide bonds. The Hall–Kier alpha value is -1.68. The van der Waals surface area contributed by atoms with Crippen molar-refractivity contribution >= 4 is 0 Å². The molecule has 1 N–H and O–H groups in total. The van der Waals surface area contributed by atoms with E-state index in [1.165, 1.54) is 5.56 Å². The van der Waals surface area contributed by atoms with Crippen LogP contribution in [-0.4, -0.2) is 21.3 Å². The highest BCUT2D eigenvalue weighted by Crippen LogP contribution is 2.07. The predicted octanol–water partition coefficient (Wildman–Crippen LogP) is 2.32. The fourth-order valence-corrected chi connectivity index (χ4v) is 1.74. The van der Waals surface area contributed by atoms with Crippen molar-refractivity contribution in [2.24, 2.45) is 5.92 Å². The second kappa shape index (κ2) is 5.78. The number of nitrogens with zero attached hydrogens (tertiary/aromatic N) is 3. The molecular weight excluding hydrogens is 224 g/mol. The molecule has 0 aliphatic rings. The summed E-state index contributed by atoms with van der Waals surface area (Å²) in [6.07, 6.45) is 3.77. The maximum absolute atomic E-state index is 4.36. The lowest BCUT2D eigenvalue weighted by Gasteiger charge is -2.08. The van der Waals surface area contributed by atoms with E-state index < -0.39 is 0 Å². The standard InChI is InChI=1S/C14H20N4/c1-11(2)9-15-10-13-4-6-16-14(8-13)18-7-5-12(3)17-18/h4-8,11,15H,9-10H2,1-3H3. The van der Waals surface area contributed by atoms with E-state index in [0.29, 0.717) is 5.92 Å². The smallest absolute Gasteiger partial charge is 0.153 e. The zero-order chi connectivity index (χ0) is 13.0. The van der Waals surface area contributed by atoms with Gasteiger partial charge < -0.3 is 5.32 Å². The largest absolute Gasteiger partial charge is 0.312 e. The van der Waals surface area contributed by atoms with Crippen LogP contribution in [0.25, 0.3) is 5.82 Å². The van der Waals surface area contributed by atoms with Crippen LogP contribution in [0.1, 0.15) is 25.1 Å². The molecule has 0 saturated heterocycles. The minimum Gasteiger partial charge on any atom is -0.312 e. The van der Waals surface area contributed by atoms with Gasteiger partial charge in [-0.15, -0.1) is 0 Å². The zero-order valence-corrected chi connectivity index (χ0v) is 11.2. The van der Waals surface area contributed by atoms with Crippen molar-refractivity contribution in [3.63, 3.8) is 0 Å². The maximum Gasteiger partial charge on any atom is 0.153 e. The molecule has 0 aliphatic carbocycles. The van der Waals surface area contributed by atoms with Crippen LogP contribution in [0.5, 0.6) is 0 Å². The van der Waals surface area contributed by atoms with Crippen LogP contribution in [0.2, 0.25) is 0 Å². The van der Waals surface area contributed by atoms with Crippen LogP contribution in [0.3, 0.4) is 0 Å². The molecular formula is C14H20N4. The Labute approximate surface area is 108 Å². The lowest BCUT2D eigenvalue weighted by atomic mass is 10.2. The first kappa shape index (κ1) is 12.8. The summed E-state index contributed by atoms with van der Waals surface area (Å²) in [7, 11) is 0. The van der Waals surface area contributed by atoms with Gasteiger partial charge in [0.2, 0.25) is 0 Å². The van der Waals surface area contributed by atoms with E-state index in [1.54, 1.807) is 4.68 Å². The first-order valence-corrected chi connectivity index (χ1v) is 6.33. The quantitative estimate of drug-likeness (QED) is 0.877. The Morgan fingerprint density at radius 2 is 2.17 bits per heavy atom. The lowest BCUT2D eigenvalue weighted by molar-refractivity contribution is 0.552. The Kier molecular flexibility index (Phi) is 4.10. The Balaban J connectivity index is 2.05. The molecule has 0 aliphatic heterocycles. The fraction of sp³-hybridized carbons (Fsp3) is 0.429. The van der Waals surface area contributed by atoms with Crippen molar-refractivity contribution in [1.29, 1.82) is 0 Å². The average molecular weight is 244 g/mol. The summed E-state index contributed by atoms with van der Waals surface area (Å²) in [6, 6.07) is 6.08. The zero-order valence-electron chi connectivity index (χ0n) is 11.2. The highest BCUT2D eigenvalue weighted by Gasteiger charge is 2.01. The van der Waals surface area contributed by atoms with E-state index in [9.17, 15) is 0 Å². The molecule has 2 rings (SSSR count). The third-order valence-electron chi connectivity index (χ3n) is 2.65. The Bertz CT molecular complexity index is 502. The van der Waals surface area contributed by atoms with Gasteiger partial charge in [0.15, 0.2) is 5.82 Å². The molecule has 0 fully saturated rings. The number of aryl methyl sites for hydroxylation is 1. The molecule has 0 spiro atoms. The molecule has 4 heteroatoms. The highest BCUT2D eigenvalue weighted by molar-refractivity contribution is 5.27. The molecule has 0 atom stereocenters. The minimum absolute atomic E-state index is 0.667. The summed E-state index contributed by atoms with van der Waals surface area (Å²) in [5, 5.41) is 7.79. The topological polar surface area (TPSA) is 42.7 Å². The highest BCUT2D eigenvalue weighted by atomic mass is 15.3. The molecule has 96 valence electrons. The number of nitrogens with one attached hydrogen (secondary N) is 1. The van der Waals surface area contributed by atoms with Gasteiger partial charge in [-0.05, 0) is 43.1 Å². The molecule has 18 heavy (non-hydrogen) atoms. The molecule has 0 bridgehead atoms. The molecule has 2 aromatic heterocycles. The van der Waals surface area contributed by atoms with Crippen LogP contribution in [-0.2, 0) is 6.54 Å². The van der Waals surface area contributed by atoms with Gasteiger partial charge in [-0.2, -0.15) is 5.10 Å². The number of pyridine rings is 1. The van der Waals surface area contributed by atoms with Gasteiger partial charge in [-0.3, -0.25) is 0 Å². The van der Waals surface area contributed by atoms with Crippen molar-refractivity contribution in [3.8, 4) is 5.82 Å². The summed E-state index contributed by atoms with van der Waals surface area (Å²) in [6.45, 7) is 8.28. The van der Waals surface area contributed by atoms with Crippen LogP contribution in [0.4, 0.5) is 0 Å². The van der Waals surface area contributed by atoms with Crippen molar-refractivity contribution < 1.29 is 0 Å². The normalized spacial score (nSPS) is 11.1. The van der Waals surface area contributed by atoms with Crippen molar-refractivity contribution in [2.75, 3.05) is 6.54 Å². The molecule has 2 aromatic rings. The first-order valence-electron chi connectivity index (χ1n) is 6.33. The van der Waals surface area contributed by atoms with Crippen LogP contribution in [0.15, 0.2) is 30.6 Å². The maximum atomic E-state index is 4.36. The number of hydrogen-bond acceptors (Lipinski definition) is 3. The summed E-state index contributed by atoms with van der Waals surface area (Å²) < 4.78 is 1.81. The number of rotatable bonds is 5. The van der Waals surface area contributed by atoms with Crippen LogP contribution >= 0.6 is 0 Å². The fourth-order valence-electron chi connectivity index (χ4n) is 1.74. The average Bonchev–Trinajstić information content (AvgIpc) is 2.76. The van der Waals surface area contributed by atoms with E-state index in [0.717, 1.165) is 24.6 Å². The third-order valence-corrected chi connectivity index (χ3v) is 2.65. The van der Waals surface area contributed by atoms with E-state index >= 15 is 0 Å². The number of hydrogen-bond donors (Lipinski definition) is 1. The molecule has 0 radical (unpaired) electrons. The van der Waals surface area contributed by atoms with E-state index in [4.69, 9.17) is 0 Å². The van der Waals surface area contributed by atoms with Crippen molar-refractivity contribution in [3.05, 3.63) is 41.9 Å². The second-order valence-corrected chi connectivity index (χ2v) is 4.95. The Morgan fingerprint density at radius 3 is 2.83 bits per heavy atom. The van der Waals surface area contributed by atoms with E-state index in [2.05, 4.69) is 35.3 Å². The van der Waals surface area contributed by atoms with Gasteiger partial charge in [0.05, 0.1) is 5.69 Å². The summed E-state index contributed by atoms with van der Waals surface area (Å²) in [4.78, 5) is 4.34. The Morgan fingerprint density at radius 1 is 1.33 bits per heavy atom. The van der Waals surface area contributed by atoms with Crippen molar-refractivity contribution in [1.82, 2.24) is 20.1 Å². The summed E-state index contributed by atoms with van der Waals surface area (Å²) in [5.41, 5.74) is 2.23. The molecule has 4 nitrogen and oxygen atoms in total. The summed E-state index contributed by atoms with van der Waals surface area (Å²) in [5.74, 6) is 1.53. The van der Waals surface area contributed by atoms with Gasteiger partial charge in [0, 0.05) is 18.9 Å². The predicted molar refractivity (Wildman–Crippen MR) is 72.6 cm³/mol. The second-order valence-electron chi connectivity index (χ2n) is 4.95. The number of aromatic nitrogens is 3. The monoisotopic (exact) mass is 244 g/mol. The molecule has 0 unspecified atom stereocenters. The first-order chi connectivity index (χ1) is 8.65.